The van der Waals surface area contributed by atoms with Gasteiger partial charge < -0.3 is 9.47 Å². The number of hydrogen-bond donors (Lipinski definition) is 0. The Hall–Kier alpha value is -0.650. The van der Waals surface area contributed by atoms with Gasteiger partial charge in [-0.3, -0.25) is 4.89 Å². The van der Waals surface area contributed by atoms with Gasteiger partial charge in [-0.15, -0.1) is 0 Å². The summed E-state index contributed by atoms with van der Waals surface area (Å²) in [7, 11) is 0. The second-order valence-corrected chi connectivity index (χ2v) is 3.54. The van der Waals surface area contributed by atoms with Crippen LogP contribution in [-0.4, -0.2) is 31.1 Å². The summed E-state index contributed by atoms with van der Waals surface area (Å²) in [6, 6.07) is 0. The lowest BCUT2D eigenvalue weighted by Crippen LogP contribution is -2.24. The second-order valence-electron chi connectivity index (χ2n) is 3.54. The first-order valence-electron chi connectivity index (χ1n) is 4.67. The highest BCUT2D eigenvalue weighted by Gasteiger charge is 2.33. The molecular formula is C9H16O5. The molecule has 14 heavy (non-hydrogen) atoms. The summed E-state index contributed by atoms with van der Waals surface area (Å²) >= 11 is 0. The van der Waals surface area contributed by atoms with E-state index in [0.29, 0.717) is 13.0 Å². The predicted octanol–water partition coefficient (Wildman–Crippen LogP) is 1.02. The molecule has 1 aliphatic heterocycles. The molecule has 0 aromatic carbocycles. The normalized spacial score (nSPS) is 24.9. The van der Waals surface area contributed by atoms with Crippen LogP contribution in [0.3, 0.4) is 0 Å². The monoisotopic (exact) mass is 204 g/mol. The molecule has 1 atom stereocenters. The highest BCUT2D eigenvalue weighted by molar-refractivity contribution is 5.68. The lowest BCUT2D eigenvalue weighted by atomic mass is 10.4. The van der Waals surface area contributed by atoms with Crippen LogP contribution in [0.4, 0.5) is 0 Å². The predicted molar refractivity (Wildman–Crippen MR) is 47.2 cm³/mol. The van der Waals surface area contributed by atoms with Gasteiger partial charge in [0.15, 0.2) is 5.79 Å². The third-order valence-electron chi connectivity index (χ3n) is 1.76. The van der Waals surface area contributed by atoms with Crippen LogP contribution in [-0.2, 0) is 24.0 Å². The van der Waals surface area contributed by atoms with Crippen molar-refractivity contribution in [2.75, 3.05) is 13.2 Å². The van der Waals surface area contributed by atoms with Gasteiger partial charge in [0.2, 0.25) is 0 Å². The van der Waals surface area contributed by atoms with Gasteiger partial charge in [0, 0.05) is 6.42 Å². The second kappa shape index (κ2) is 4.72. The minimum atomic E-state index is -0.567. The van der Waals surface area contributed by atoms with Crippen LogP contribution in [0.5, 0.6) is 0 Å². The van der Waals surface area contributed by atoms with E-state index in [-0.39, 0.29) is 18.7 Å². The Morgan fingerprint density at radius 2 is 2.29 bits per heavy atom. The minimum Gasteiger partial charge on any atom is -0.348 e. The van der Waals surface area contributed by atoms with Gasteiger partial charge >= 0.3 is 5.97 Å². The zero-order valence-electron chi connectivity index (χ0n) is 8.74. The van der Waals surface area contributed by atoms with Gasteiger partial charge in [-0.1, -0.05) is 6.92 Å². The molecule has 0 aromatic heterocycles. The first-order valence-corrected chi connectivity index (χ1v) is 4.67. The van der Waals surface area contributed by atoms with E-state index < -0.39 is 5.79 Å². The Bertz CT molecular complexity index is 201. The quantitative estimate of drug-likeness (QED) is 0.505. The summed E-state index contributed by atoms with van der Waals surface area (Å²) in [5, 5.41) is 0. The van der Waals surface area contributed by atoms with Crippen LogP contribution in [0.2, 0.25) is 0 Å². The first-order chi connectivity index (χ1) is 6.53. The number of carbonyl (C=O) groups excluding carboxylic acids is 1. The third-order valence-corrected chi connectivity index (χ3v) is 1.76. The molecule has 1 saturated heterocycles. The fourth-order valence-corrected chi connectivity index (χ4v) is 1.08. The Morgan fingerprint density at radius 3 is 2.79 bits per heavy atom. The zero-order chi connectivity index (χ0) is 10.6. The molecule has 0 amide bonds. The molecule has 0 N–H and O–H groups in total. The van der Waals surface area contributed by atoms with Crippen LogP contribution in [0.1, 0.15) is 27.2 Å². The summed E-state index contributed by atoms with van der Waals surface area (Å²) in [6.45, 7) is 6.01. The van der Waals surface area contributed by atoms with Gasteiger partial charge in [-0.2, -0.15) is 4.89 Å². The van der Waals surface area contributed by atoms with Gasteiger partial charge in [0.05, 0.1) is 6.61 Å². The van der Waals surface area contributed by atoms with E-state index in [1.807, 2.05) is 13.8 Å². The standard InChI is InChI=1S/C9H16O5/c1-4-8(10)14-12-6-7-5-11-9(2,3)13-7/h7H,4-6H2,1-3H3/t7-/m0/s1. The molecule has 0 spiro atoms. The Morgan fingerprint density at radius 1 is 1.57 bits per heavy atom. The lowest BCUT2D eigenvalue weighted by molar-refractivity contribution is -0.284. The van der Waals surface area contributed by atoms with E-state index in [2.05, 4.69) is 4.89 Å². The van der Waals surface area contributed by atoms with Gasteiger partial charge in [0.25, 0.3) is 0 Å². The molecule has 0 radical (unpaired) electrons. The smallest absolute Gasteiger partial charge is 0.342 e. The van der Waals surface area contributed by atoms with Crippen molar-refractivity contribution < 1.29 is 24.0 Å². The average Bonchev–Trinajstić information content (AvgIpc) is 2.45. The van der Waals surface area contributed by atoms with Crippen LogP contribution in [0.15, 0.2) is 0 Å². The van der Waals surface area contributed by atoms with Crippen molar-refractivity contribution >= 4 is 5.97 Å². The largest absolute Gasteiger partial charge is 0.348 e. The average molecular weight is 204 g/mol. The molecule has 0 saturated carbocycles. The van der Waals surface area contributed by atoms with Crippen molar-refractivity contribution in [1.82, 2.24) is 0 Å². The fourth-order valence-electron chi connectivity index (χ4n) is 1.08. The summed E-state index contributed by atoms with van der Waals surface area (Å²) in [5.74, 6) is -0.953. The molecule has 0 aromatic rings. The van der Waals surface area contributed by atoms with Crippen molar-refractivity contribution in [2.24, 2.45) is 0 Å². The van der Waals surface area contributed by atoms with Gasteiger partial charge in [-0.05, 0) is 13.8 Å². The summed E-state index contributed by atoms with van der Waals surface area (Å²) < 4.78 is 10.7. The number of carbonyl (C=O) groups is 1. The molecule has 0 bridgehead atoms. The van der Waals surface area contributed by atoms with E-state index in [1.165, 1.54) is 0 Å². The topological polar surface area (TPSA) is 54.0 Å². The maximum atomic E-state index is 10.7. The van der Waals surface area contributed by atoms with Gasteiger partial charge in [-0.25, -0.2) is 4.79 Å². The van der Waals surface area contributed by atoms with E-state index in [1.54, 1.807) is 6.92 Å². The number of ether oxygens (including phenoxy) is 2. The molecule has 1 rings (SSSR count). The van der Waals surface area contributed by atoms with E-state index in [0.717, 1.165) is 0 Å². The van der Waals surface area contributed by atoms with Crippen molar-refractivity contribution in [3.63, 3.8) is 0 Å². The van der Waals surface area contributed by atoms with Gasteiger partial charge in [0.1, 0.15) is 12.7 Å². The van der Waals surface area contributed by atoms with Crippen molar-refractivity contribution in [1.29, 1.82) is 0 Å². The molecule has 1 heterocycles. The molecule has 0 aliphatic carbocycles. The van der Waals surface area contributed by atoms with Crippen LogP contribution in [0, 0.1) is 0 Å². The maximum Gasteiger partial charge on any atom is 0.342 e. The Balaban J connectivity index is 2.12. The zero-order valence-corrected chi connectivity index (χ0v) is 8.74. The summed E-state index contributed by atoms with van der Waals surface area (Å²) in [6.07, 6.45) is 0.128. The summed E-state index contributed by atoms with van der Waals surface area (Å²) in [4.78, 5) is 19.8. The van der Waals surface area contributed by atoms with Crippen molar-refractivity contribution in [3.05, 3.63) is 0 Å². The molecule has 5 heteroatoms. The molecular weight excluding hydrogens is 188 g/mol. The highest BCUT2D eigenvalue weighted by Crippen LogP contribution is 2.22. The Labute approximate surface area is 83.2 Å². The molecule has 82 valence electrons. The van der Waals surface area contributed by atoms with E-state index in [9.17, 15) is 4.79 Å². The van der Waals surface area contributed by atoms with Crippen LogP contribution < -0.4 is 0 Å². The SMILES string of the molecule is CCC(=O)OOC[C@@H]1COC(C)(C)O1. The first kappa shape index (κ1) is 11.4. The highest BCUT2D eigenvalue weighted by atomic mass is 17.2. The third kappa shape index (κ3) is 3.61. The summed E-state index contributed by atoms with van der Waals surface area (Å²) in [5.41, 5.74) is 0. The molecule has 0 unspecified atom stereocenters. The van der Waals surface area contributed by atoms with Crippen LogP contribution in [0.25, 0.3) is 0 Å². The lowest BCUT2D eigenvalue weighted by Gasteiger charge is -2.16. The molecule has 1 fully saturated rings. The molecule has 1 aliphatic rings. The van der Waals surface area contributed by atoms with E-state index >= 15 is 0 Å². The molecule has 5 nitrogen and oxygen atoms in total. The van der Waals surface area contributed by atoms with E-state index in [4.69, 9.17) is 14.4 Å². The Kier molecular flexibility index (Phi) is 3.86. The minimum absolute atomic E-state index is 0.172. The van der Waals surface area contributed by atoms with Crippen molar-refractivity contribution in [3.8, 4) is 0 Å². The fraction of sp³-hybridized carbons (Fsp3) is 0.889. The van der Waals surface area contributed by atoms with Crippen molar-refractivity contribution in [2.45, 2.75) is 39.1 Å². The number of hydrogen-bond acceptors (Lipinski definition) is 5. The maximum absolute atomic E-state index is 10.7. The van der Waals surface area contributed by atoms with Crippen LogP contribution >= 0.6 is 0 Å². The number of rotatable bonds is 4.